The van der Waals surface area contributed by atoms with Gasteiger partial charge in [0, 0.05) is 23.4 Å². The number of amides is 1. The molecule has 3 aromatic rings. The summed E-state index contributed by atoms with van der Waals surface area (Å²) in [7, 11) is 1.65. The van der Waals surface area contributed by atoms with E-state index in [0.717, 1.165) is 24.2 Å². The van der Waals surface area contributed by atoms with Crippen molar-refractivity contribution in [2.24, 2.45) is 0 Å². The van der Waals surface area contributed by atoms with E-state index in [4.69, 9.17) is 9.47 Å². The number of anilines is 1. The molecule has 0 saturated carbocycles. The van der Waals surface area contributed by atoms with E-state index in [2.05, 4.69) is 16.8 Å². The fourth-order valence-electron chi connectivity index (χ4n) is 5.26. The lowest BCUT2D eigenvalue weighted by atomic mass is 10.0. The van der Waals surface area contributed by atoms with Gasteiger partial charge in [-0.1, -0.05) is 115 Å². The van der Waals surface area contributed by atoms with Gasteiger partial charge in [-0.05, 0) is 36.2 Å². The SMILES string of the molecule is CCCCCCCCCCCCCCCCOc1cc(CC(=O)Nc2ccc(C[n+]3ccccc3)cc2)ccc1OC. The lowest BCUT2D eigenvalue weighted by Gasteiger charge is -2.13. The summed E-state index contributed by atoms with van der Waals surface area (Å²) in [6.45, 7) is 3.74. The van der Waals surface area contributed by atoms with E-state index >= 15 is 0 Å². The predicted octanol–water partition coefficient (Wildman–Crippen LogP) is 9.07. The molecule has 0 aliphatic heterocycles. The summed E-state index contributed by atoms with van der Waals surface area (Å²) in [6, 6.07) is 19.8. The van der Waals surface area contributed by atoms with Crippen molar-refractivity contribution in [1.82, 2.24) is 0 Å². The number of carbonyl (C=O) groups is 1. The maximum atomic E-state index is 12.7. The second-order valence-corrected chi connectivity index (χ2v) is 11.4. The highest BCUT2D eigenvalue weighted by atomic mass is 16.5. The third-order valence-corrected chi connectivity index (χ3v) is 7.73. The monoisotopic (exact) mass is 573 g/mol. The smallest absolute Gasteiger partial charge is 0.228 e. The molecule has 1 N–H and O–H groups in total. The Morgan fingerprint density at radius 3 is 1.86 bits per heavy atom. The van der Waals surface area contributed by atoms with Gasteiger partial charge in [-0.2, -0.15) is 0 Å². The molecular formula is C37H53N2O3+. The Labute approximate surface area is 254 Å². The molecule has 0 spiro atoms. The zero-order chi connectivity index (χ0) is 29.7. The molecule has 0 aliphatic carbocycles. The largest absolute Gasteiger partial charge is 0.493 e. The molecule has 3 rings (SSSR count). The highest BCUT2D eigenvalue weighted by Crippen LogP contribution is 2.29. The van der Waals surface area contributed by atoms with Gasteiger partial charge in [0.15, 0.2) is 30.4 Å². The molecular weight excluding hydrogens is 520 g/mol. The Bertz CT molecular complexity index is 1130. The van der Waals surface area contributed by atoms with E-state index in [-0.39, 0.29) is 12.3 Å². The summed E-state index contributed by atoms with van der Waals surface area (Å²) in [6.07, 6.45) is 23.1. The Morgan fingerprint density at radius 2 is 1.26 bits per heavy atom. The quantitative estimate of drug-likeness (QED) is 0.0963. The van der Waals surface area contributed by atoms with Crippen LogP contribution in [0.15, 0.2) is 73.1 Å². The van der Waals surface area contributed by atoms with Crippen LogP contribution in [0.1, 0.15) is 108 Å². The minimum Gasteiger partial charge on any atom is -0.493 e. The number of benzene rings is 2. The average Bonchev–Trinajstić information content (AvgIpc) is 3.00. The van der Waals surface area contributed by atoms with Gasteiger partial charge in [-0.3, -0.25) is 4.79 Å². The van der Waals surface area contributed by atoms with E-state index < -0.39 is 0 Å². The Hall–Kier alpha value is -3.34. The summed E-state index contributed by atoms with van der Waals surface area (Å²) in [5, 5.41) is 3.01. The van der Waals surface area contributed by atoms with Crippen molar-refractivity contribution in [3.8, 4) is 11.5 Å². The Morgan fingerprint density at radius 1 is 0.690 bits per heavy atom. The first-order valence-corrected chi connectivity index (χ1v) is 16.3. The molecule has 5 nitrogen and oxygen atoms in total. The van der Waals surface area contributed by atoms with Gasteiger partial charge in [0.05, 0.1) is 20.1 Å². The van der Waals surface area contributed by atoms with E-state index in [1.807, 2.05) is 73.1 Å². The molecule has 0 aliphatic rings. The fourth-order valence-corrected chi connectivity index (χ4v) is 5.26. The van der Waals surface area contributed by atoms with Crippen LogP contribution in [0.3, 0.4) is 0 Å². The molecule has 1 amide bonds. The molecule has 0 fully saturated rings. The molecule has 0 unspecified atom stereocenters. The number of pyridine rings is 1. The number of hydrogen-bond donors (Lipinski definition) is 1. The van der Waals surface area contributed by atoms with Crippen LogP contribution in [0.5, 0.6) is 11.5 Å². The normalized spacial score (nSPS) is 10.9. The van der Waals surface area contributed by atoms with Crippen molar-refractivity contribution in [3.05, 3.63) is 84.2 Å². The van der Waals surface area contributed by atoms with Crippen molar-refractivity contribution in [1.29, 1.82) is 0 Å². The summed E-state index contributed by atoms with van der Waals surface area (Å²) in [4.78, 5) is 12.7. The Balaban J connectivity index is 1.30. The van der Waals surface area contributed by atoms with Gasteiger partial charge in [0.1, 0.15) is 0 Å². The minimum atomic E-state index is -0.0525. The maximum Gasteiger partial charge on any atom is 0.228 e. The molecule has 0 bridgehead atoms. The van der Waals surface area contributed by atoms with Crippen LogP contribution in [0.4, 0.5) is 5.69 Å². The van der Waals surface area contributed by atoms with Crippen molar-refractivity contribution in [2.45, 2.75) is 110 Å². The topological polar surface area (TPSA) is 51.4 Å². The van der Waals surface area contributed by atoms with Gasteiger partial charge in [0.25, 0.3) is 0 Å². The van der Waals surface area contributed by atoms with Crippen molar-refractivity contribution in [2.75, 3.05) is 19.0 Å². The number of nitrogens with one attached hydrogen (secondary N) is 1. The van der Waals surface area contributed by atoms with Crippen molar-refractivity contribution in [3.63, 3.8) is 0 Å². The number of hydrogen-bond acceptors (Lipinski definition) is 3. The summed E-state index contributed by atoms with van der Waals surface area (Å²) >= 11 is 0. The third kappa shape index (κ3) is 13.5. The van der Waals surface area contributed by atoms with Crippen LogP contribution in [-0.4, -0.2) is 19.6 Å². The van der Waals surface area contributed by atoms with E-state index in [1.165, 1.54) is 89.0 Å². The van der Waals surface area contributed by atoms with Gasteiger partial charge in [-0.15, -0.1) is 0 Å². The standard InChI is InChI=1S/C37H52N2O3/c1-3-4-5-6-7-8-9-10-11-12-13-14-15-19-28-42-36-29-33(22-25-35(36)41-2)30-37(40)38-34-23-20-32(21-24-34)31-39-26-17-16-18-27-39/h16-18,20-27,29H,3-15,19,28,30-31H2,1-2H3/p+1. The second-order valence-electron chi connectivity index (χ2n) is 11.4. The number of aromatic nitrogens is 1. The molecule has 0 radical (unpaired) electrons. The molecule has 0 atom stereocenters. The maximum absolute atomic E-state index is 12.7. The number of rotatable bonds is 22. The molecule has 5 heteroatoms. The molecule has 0 saturated heterocycles. The first kappa shape index (κ1) is 33.2. The minimum absolute atomic E-state index is 0.0525. The van der Waals surface area contributed by atoms with Crippen LogP contribution in [-0.2, 0) is 17.8 Å². The lowest BCUT2D eigenvalue weighted by molar-refractivity contribution is -0.688. The highest BCUT2D eigenvalue weighted by molar-refractivity contribution is 5.92. The number of methoxy groups -OCH3 is 1. The third-order valence-electron chi connectivity index (χ3n) is 7.73. The van der Waals surface area contributed by atoms with E-state index in [9.17, 15) is 4.79 Å². The van der Waals surface area contributed by atoms with Gasteiger partial charge in [-0.25, -0.2) is 4.57 Å². The average molecular weight is 574 g/mol. The molecule has 228 valence electrons. The van der Waals surface area contributed by atoms with Crippen molar-refractivity contribution < 1.29 is 18.8 Å². The number of nitrogens with zero attached hydrogens (tertiary/aromatic N) is 1. The summed E-state index contributed by atoms with van der Waals surface area (Å²) < 4.78 is 13.7. The van der Waals surface area contributed by atoms with Crippen LogP contribution >= 0.6 is 0 Å². The molecule has 1 aromatic heterocycles. The van der Waals surface area contributed by atoms with Gasteiger partial charge in [0.2, 0.25) is 5.91 Å². The first-order chi connectivity index (χ1) is 20.7. The van der Waals surface area contributed by atoms with E-state index in [0.29, 0.717) is 18.1 Å². The molecule has 1 heterocycles. The zero-order valence-corrected chi connectivity index (χ0v) is 26.1. The fraction of sp³-hybridized carbons (Fsp3) is 0.514. The number of unbranched alkanes of at least 4 members (excludes halogenated alkanes) is 13. The lowest BCUT2D eigenvalue weighted by Crippen LogP contribution is -2.32. The summed E-state index contributed by atoms with van der Waals surface area (Å²) in [5.74, 6) is 1.36. The highest BCUT2D eigenvalue weighted by Gasteiger charge is 2.10. The van der Waals surface area contributed by atoms with Crippen LogP contribution in [0, 0.1) is 0 Å². The van der Waals surface area contributed by atoms with Crippen LogP contribution in [0.2, 0.25) is 0 Å². The molecule has 2 aromatic carbocycles. The van der Waals surface area contributed by atoms with Crippen molar-refractivity contribution >= 4 is 11.6 Å². The number of ether oxygens (including phenoxy) is 2. The van der Waals surface area contributed by atoms with Gasteiger partial charge < -0.3 is 14.8 Å². The first-order valence-electron chi connectivity index (χ1n) is 16.3. The van der Waals surface area contributed by atoms with Crippen LogP contribution in [0.25, 0.3) is 0 Å². The van der Waals surface area contributed by atoms with Gasteiger partial charge >= 0.3 is 0 Å². The Kier molecular flexibility index (Phi) is 16.2. The van der Waals surface area contributed by atoms with E-state index in [1.54, 1.807) is 7.11 Å². The zero-order valence-electron chi connectivity index (χ0n) is 26.1. The number of carbonyl (C=O) groups excluding carboxylic acids is 1. The summed E-state index contributed by atoms with van der Waals surface area (Å²) in [5.41, 5.74) is 2.88. The van der Waals surface area contributed by atoms with Crippen LogP contribution < -0.4 is 19.4 Å². The molecule has 42 heavy (non-hydrogen) atoms. The predicted molar refractivity (Wildman–Crippen MR) is 173 cm³/mol. The second kappa shape index (κ2) is 20.5.